The summed E-state index contributed by atoms with van der Waals surface area (Å²) >= 11 is 31.1. The van der Waals surface area contributed by atoms with Crippen LogP contribution in [0.2, 0.25) is 15.1 Å². The molecule has 1 fully saturated rings. The van der Waals surface area contributed by atoms with Crippen molar-refractivity contribution in [3.63, 3.8) is 0 Å². The van der Waals surface area contributed by atoms with Gasteiger partial charge in [0.1, 0.15) is 10.2 Å². The minimum absolute atomic E-state index is 0.0856. The summed E-state index contributed by atoms with van der Waals surface area (Å²) < 4.78 is 12.0. The minimum Gasteiger partial charge on any atom is -0.398 e. The Balaban J connectivity index is 1.51. The highest BCUT2D eigenvalue weighted by Gasteiger charge is 2.67. The van der Waals surface area contributed by atoms with E-state index in [1.807, 2.05) is 0 Å². The number of benzene rings is 3. The summed E-state index contributed by atoms with van der Waals surface area (Å²) in [6, 6.07) is 13.3. The van der Waals surface area contributed by atoms with Crippen molar-refractivity contribution >= 4 is 81.1 Å². The quantitative estimate of drug-likeness (QED) is 0.189. The monoisotopic (exact) mass is 558 g/mol. The molecule has 3 aromatic carbocycles. The number of rotatable bonds is 6. The third-order valence-corrected chi connectivity index (χ3v) is 7.64. The van der Waals surface area contributed by atoms with E-state index < -0.39 is 27.9 Å². The molecule has 0 heterocycles. The van der Waals surface area contributed by atoms with E-state index in [1.54, 1.807) is 24.3 Å². The predicted molar refractivity (Wildman–Crippen MR) is 136 cm³/mol. The summed E-state index contributed by atoms with van der Waals surface area (Å²) in [7, 11) is 0. The van der Waals surface area contributed by atoms with Gasteiger partial charge in [0.2, 0.25) is 5.91 Å². The molecule has 0 aliphatic heterocycles. The van der Waals surface area contributed by atoms with Crippen molar-refractivity contribution in [3.05, 3.63) is 92.2 Å². The summed E-state index contributed by atoms with van der Waals surface area (Å²) in [5.41, 5.74) is 7.64. The standard InChI is InChI=1S/C24H16Cl5FN2O2/c25-16-6-4-14(10-15(16)20(33)8-11-1-3-13(30)9-19(11)31)32-23(34)22-21(24(22,28)29)12-2-5-17(26)18(27)7-12/h1-7,9-10,21-22H,8,31H2,(H,32,34)/t21-,22+/m0/s1. The van der Waals surface area contributed by atoms with Gasteiger partial charge in [0.05, 0.1) is 21.0 Å². The smallest absolute Gasteiger partial charge is 0.231 e. The van der Waals surface area contributed by atoms with Crippen LogP contribution in [0.5, 0.6) is 0 Å². The van der Waals surface area contributed by atoms with E-state index in [1.165, 1.54) is 24.3 Å². The first-order chi connectivity index (χ1) is 16.0. The van der Waals surface area contributed by atoms with Crippen molar-refractivity contribution in [3.8, 4) is 0 Å². The van der Waals surface area contributed by atoms with Gasteiger partial charge in [-0.05, 0) is 53.6 Å². The van der Waals surface area contributed by atoms with Crippen molar-refractivity contribution in [1.29, 1.82) is 0 Å². The molecular weight excluding hydrogens is 545 g/mol. The molecule has 10 heteroatoms. The molecule has 0 radical (unpaired) electrons. The Morgan fingerprint density at radius 3 is 2.32 bits per heavy atom. The summed E-state index contributed by atoms with van der Waals surface area (Å²) in [6.07, 6.45) is -0.0856. The van der Waals surface area contributed by atoms with E-state index in [9.17, 15) is 14.0 Å². The van der Waals surface area contributed by atoms with Crippen LogP contribution in [0, 0.1) is 11.7 Å². The number of amides is 1. The molecule has 0 saturated heterocycles. The average molecular weight is 561 g/mol. The lowest BCUT2D eigenvalue weighted by molar-refractivity contribution is -0.117. The van der Waals surface area contributed by atoms with Gasteiger partial charge < -0.3 is 11.1 Å². The third kappa shape index (κ3) is 5.00. The molecule has 0 aromatic heterocycles. The Morgan fingerprint density at radius 1 is 0.941 bits per heavy atom. The number of hydrogen-bond donors (Lipinski definition) is 2. The molecule has 4 nitrogen and oxygen atoms in total. The first kappa shape index (κ1) is 25.1. The maximum absolute atomic E-state index is 13.3. The van der Waals surface area contributed by atoms with Crippen LogP contribution in [0.1, 0.15) is 27.4 Å². The van der Waals surface area contributed by atoms with E-state index in [2.05, 4.69) is 5.32 Å². The summed E-state index contributed by atoms with van der Waals surface area (Å²) in [5.74, 6) is -2.50. The zero-order valence-corrected chi connectivity index (χ0v) is 21.0. The molecule has 34 heavy (non-hydrogen) atoms. The van der Waals surface area contributed by atoms with E-state index in [4.69, 9.17) is 63.7 Å². The maximum Gasteiger partial charge on any atom is 0.231 e. The van der Waals surface area contributed by atoms with Crippen LogP contribution >= 0.6 is 58.0 Å². The third-order valence-electron chi connectivity index (χ3n) is 5.63. The SMILES string of the molecule is Nc1cc(F)ccc1CC(=O)c1cc(NC(=O)[C@H]2[C@H](c3ccc(Cl)c(Cl)c3)C2(Cl)Cl)ccc1Cl. The molecule has 1 aliphatic carbocycles. The number of carbonyl (C=O) groups is 2. The molecule has 0 unspecified atom stereocenters. The number of Topliss-reactive ketones (excluding diaryl/α,β-unsaturated/α-hetero) is 1. The van der Waals surface area contributed by atoms with Gasteiger partial charge in [-0.1, -0.05) is 46.9 Å². The summed E-state index contributed by atoms with van der Waals surface area (Å²) in [4.78, 5) is 25.8. The minimum atomic E-state index is -1.33. The first-order valence-corrected chi connectivity index (χ1v) is 11.9. The van der Waals surface area contributed by atoms with Crippen LogP contribution in [0.4, 0.5) is 15.8 Å². The first-order valence-electron chi connectivity index (χ1n) is 9.99. The number of carbonyl (C=O) groups excluding carboxylic acids is 2. The van der Waals surface area contributed by atoms with Gasteiger partial charge in [-0.2, -0.15) is 0 Å². The number of hydrogen-bond acceptors (Lipinski definition) is 3. The fraction of sp³-hybridized carbons (Fsp3) is 0.167. The molecule has 0 spiro atoms. The van der Waals surface area contributed by atoms with Gasteiger partial charge in [-0.3, -0.25) is 9.59 Å². The zero-order chi connectivity index (χ0) is 24.8. The van der Waals surface area contributed by atoms with Crippen LogP contribution in [0.25, 0.3) is 0 Å². The summed E-state index contributed by atoms with van der Waals surface area (Å²) in [5, 5.41) is 3.65. The lowest BCUT2D eigenvalue weighted by atomic mass is 10.0. The Labute approximate surface area is 220 Å². The Kier molecular flexibility index (Phi) is 7.05. The van der Waals surface area contributed by atoms with Gasteiger partial charge >= 0.3 is 0 Å². The topological polar surface area (TPSA) is 72.2 Å². The number of alkyl halides is 2. The molecule has 176 valence electrons. The molecular formula is C24H16Cl5FN2O2. The fourth-order valence-corrected chi connectivity index (χ4v) is 5.16. The highest BCUT2D eigenvalue weighted by molar-refractivity contribution is 6.53. The molecule has 4 rings (SSSR count). The van der Waals surface area contributed by atoms with E-state index in [0.717, 1.165) is 6.07 Å². The molecule has 0 bridgehead atoms. The largest absolute Gasteiger partial charge is 0.398 e. The molecule has 1 amide bonds. The molecule has 3 aromatic rings. The van der Waals surface area contributed by atoms with Crippen molar-refractivity contribution in [2.45, 2.75) is 16.7 Å². The number of ketones is 1. The number of anilines is 2. The van der Waals surface area contributed by atoms with Gasteiger partial charge in [0.25, 0.3) is 0 Å². The van der Waals surface area contributed by atoms with Crippen LogP contribution in [0.3, 0.4) is 0 Å². The molecule has 3 N–H and O–H groups in total. The Bertz CT molecular complexity index is 1310. The van der Waals surface area contributed by atoms with Crippen molar-refractivity contribution in [2.75, 3.05) is 11.1 Å². The van der Waals surface area contributed by atoms with Gasteiger partial charge in [0, 0.05) is 29.3 Å². The second kappa shape index (κ2) is 9.56. The molecule has 1 aliphatic rings. The highest BCUT2D eigenvalue weighted by Crippen LogP contribution is 2.65. The summed E-state index contributed by atoms with van der Waals surface area (Å²) in [6.45, 7) is 0. The highest BCUT2D eigenvalue weighted by atomic mass is 35.5. The fourth-order valence-electron chi connectivity index (χ4n) is 3.81. The number of halogens is 6. The van der Waals surface area contributed by atoms with Crippen LogP contribution in [0.15, 0.2) is 54.6 Å². The maximum atomic E-state index is 13.3. The van der Waals surface area contributed by atoms with Crippen LogP contribution in [-0.2, 0) is 11.2 Å². The van der Waals surface area contributed by atoms with Gasteiger partial charge in [0.15, 0.2) is 5.78 Å². The van der Waals surface area contributed by atoms with E-state index >= 15 is 0 Å². The Morgan fingerprint density at radius 2 is 1.65 bits per heavy atom. The van der Waals surface area contributed by atoms with Crippen molar-refractivity contribution in [2.24, 2.45) is 5.92 Å². The lowest BCUT2D eigenvalue weighted by Gasteiger charge is -2.10. The second-order valence-electron chi connectivity index (χ2n) is 7.93. The van der Waals surface area contributed by atoms with Gasteiger partial charge in [-0.25, -0.2) is 4.39 Å². The molecule has 2 atom stereocenters. The van der Waals surface area contributed by atoms with E-state index in [-0.39, 0.29) is 28.5 Å². The van der Waals surface area contributed by atoms with E-state index in [0.29, 0.717) is 26.9 Å². The number of nitrogens with one attached hydrogen (secondary N) is 1. The number of nitrogens with two attached hydrogens (primary N) is 1. The second-order valence-corrected chi connectivity index (χ2v) is 10.6. The average Bonchev–Trinajstić information content (AvgIpc) is 3.35. The predicted octanol–water partition coefficient (Wildman–Crippen LogP) is 7.32. The van der Waals surface area contributed by atoms with Crippen LogP contribution < -0.4 is 11.1 Å². The Hall–Kier alpha value is -2.02. The van der Waals surface area contributed by atoms with Crippen LogP contribution in [-0.4, -0.2) is 16.0 Å². The lowest BCUT2D eigenvalue weighted by Crippen LogP contribution is -2.17. The normalized spacial score (nSPS) is 18.4. The van der Waals surface area contributed by atoms with Crippen molar-refractivity contribution < 1.29 is 14.0 Å². The number of nitrogen functional groups attached to an aromatic ring is 1. The zero-order valence-electron chi connectivity index (χ0n) is 17.2. The van der Waals surface area contributed by atoms with Gasteiger partial charge in [-0.15, -0.1) is 23.2 Å². The molecule has 1 saturated carbocycles. The van der Waals surface area contributed by atoms with Crippen molar-refractivity contribution in [1.82, 2.24) is 0 Å².